The van der Waals surface area contributed by atoms with Crippen LogP contribution in [0.1, 0.15) is 83.0 Å². The molecule has 0 radical (unpaired) electrons. The van der Waals surface area contributed by atoms with Crippen LogP contribution in [-0.4, -0.2) is 31.3 Å². The molecule has 0 aliphatic carbocycles. The van der Waals surface area contributed by atoms with E-state index in [4.69, 9.17) is 18.9 Å². The molecule has 0 saturated heterocycles. The van der Waals surface area contributed by atoms with Crippen LogP contribution < -0.4 is 14.2 Å². The Morgan fingerprint density at radius 2 is 1.21 bits per heavy atom. The highest BCUT2D eigenvalue weighted by molar-refractivity contribution is 5.91. The second-order valence-electron chi connectivity index (χ2n) is 9.98. The van der Waals surface area contributed by atoms with E-state index in [9.17, 15) is 9.59 Å². The number of carbonyl (C=O) groups excluding carboxylic acids is 2. The number of carbonyl (C=O) groups is 2. The third-order valence-corrected chi connectivity index (χ3v) is 6.23. The second-order valence-corrected chi connectivity index (χ2v) is 9.98. The molecule has 6 heteroatoms. The molecule has 1 atom stereocenters. The maximum atomic E-state index is 12.6. The maximum Gasteiger partial charge on any atom is 0.343 e. The third-order valence-electron chi connectivity index (χ3n) is 6.23. The van der Waals surface area contributed by atoms with Crippen molar-refractivity contribution in [2.75, 3.05) is 13.2 Å². The van der Waals surface area contributed by atoms with Crippen molar-refractivity contribution < 1.29 is 28.5 Å². The van der Waals surface area contributed by atoms with E-state index < -0.39 is 11.9 Å². The fourth-order valence-corrected chi connectivity index (χ4v) is 3.96. The lowest BCUT2D eigenvalue weighted by molar-refractivity contribution is -0.128. The first-order chi connectivity index (χ1) is 20.4. The summed E-state index contributed by atoms with van der Waals surface area (Å²) in [5.41, 5.74) is 2.30. The molecule has 3 rings (SSSR count). The van der Waals surface area contributed by atoms with Gasteiger partial charge in [-0.05, 0) is 92.3 Å². The zero-order valence-corrected chi connectivity index (χ0v) is 25.6. The minimum Gasteiger partial charge on any atom is -0.491 e. The number of benzene rings is 3. The Balaban J connectivity index is 0.000000782. The molecule has 0 unspecified atom stereocenters. The molecule has 6 nitrogen and oxygen atoms in total. The van der Waals surface area contributed by atoms with Crippen molar-refractivity contribution in [3.05, 3.63) is 91.0 Å². The molecule has 3 aromatic rings. The largest absolute Gasteiger partial charge is 0.491 e. The molecule has 226 valence electrons. The average Bonchev–Trinajstić information content (AvgIpc) is 3.01. The van der Waals surface area contributed by atoms with Crippen molar-refractivity contribution in [2.45, 2.75) is 78.7 Å². The molecule has 0 N–H and O–H groups in total. The van der Waals surface area contributed by atoms with Crippen LogP contribution >= 0.6 is 0 Å². The van der Waals surface area contributed by atoms with Gasteiger partial charge in [0.15, 0.2) is 0 Å². The van der Waals surface area contributed by atoms with E-state index in [0.29, 0.717) is 17.1 Å². The lowest BCUT2D eigenvalue weighted by atomic mass is 10.0. The summed E-state index contributed by atoms with van der Waals surface area (Å²) in [4.78, 5) is 23.9. The lowest BCUT2D eigenvalue weighted by Crippen LogP contribution is -2.11. The van der Waals surface area contributed by atoms with E-state index in [-0.39, 0.29) is 6.10 Å². The third kappa shape index (κ3) is 13.2. The monoisotopic (exact) mass is 574 g/mol. The van der Waals surface area contributed by atoms with Crippen LogP contribution in [0.15, 0.2) is 85.5 Å². The highest BCUT2D eigenvalue weighted by Crippen LogP contribution is 2.24. The van der Waals surface area contributed by atoms with E-state index in [1.54, 1.807) is 36.4 Å². The molecule has 0 aliphatic heterocycles. The number of unbranched alkanes of at least 4 members (excludes halogenated alkanes) is 3. The van der Waals surface area contributed by atoms with Crippen LogP contribution in [0.2, 0.25) is 0 Å². The Labute approximate surface area is 251 Å². The van der Waals surface area contributed by atoms with Gasteiger partial charge in [-0.3, -0.25) is 0 Å². The molecule has 0 amide bonds. The van der Waals surface area contributed by atoms with Gasteiger partial charge in [-0.25, -0.2) is 9.59 Å². The first-order valence-corrected chi connectivity index (χ1v) is 15.0. The van der Waals surface area contributed by atoms with Crippen LogP contribution in [0.25, 0.3) is 11.1 Å². The number of hydrogen-bond acceptors (Lipinski definition) is 6. The number of hydrogen-bond donors (Lipinski definition) is 0. The Bertz CT molecular complexity index is 1180. The van der Waals surface area contributed by atoms with Crippen molar-refractivity contribution >= 4 is 11.9 Å². The Hall–Kier alpha value is -3.90. The molecule has 0 aliphatic rings. The molecule has 0 fully saturated rings. The molecule has 0 aromatic heterocycles. The number of rotatable bonds is 16. The summed E-state index contributed by atoms with van der Waals surface area (Å²) >= 11 is 0. The number of ether oxygens (including phenoxy) is 4. The van der Waals surface area contributed by atoms with Gasteiger partial charge in [0, 0.05) is 19.3 Å². The van der Waals surface area contributed by atoms with Gasteiger partial charge in [-0.15, -0.1) is 0 Å². The van der Waals surface area contributed by atoms with Crippen molar-refractivity contribution in [3.8, 4) is 28.4 Å². The Morgan fingerprint density at radius 1 is 0.690 bits per heavy atom. The maximum absolute atomic E-state index is 12.6. The quantitative estimate of drug-likeness (QED) is 0.0735. The van der Waals surface area contributed by atoms with E-state index >= 15 is 0 Å². The van der Waals surface area contributed by atoms with Crippen molar-refractivity contribution in [2.24, 2.45) is 0 Å². The van der Waals surface area contributed by atoms with Crippen LogP contribution in [-0.2, 0) is 9.53 Å². The van der Waals surface area contributed by atoms with Gasteiger partial charge >= 0.3 is 11.9 Å². The fraction of sp³-hybridized carbons (Fsp3) is 0.389. The molecule has 3 aromatic carbocycles. The highest BCUT2D eigenvalue weighted by Gasteiger charge is 2.10. The van der Waals surface area contributed by atoms with Gasteiger partial charge in [0.1, 0.15) is 17.2 Å². The summed E-state index contributed by atoms with van der Waals surface area (Å²) in [6.45, 7) is 13.8. The first kappa shape index (κ1) is 34.3. The summed E-state index contributed by atoms with van der Waals surface area (Å²) in [7, 11) is 0. The van der Waals surface area contributed by atoms with E-state index in [1.807, 2.05) is 36.4 Å². The van der Waals surface area contributed by atoms with Crippen LogP contribution in [0, 0.1) is 0 Å². The molecular weight excluding hydrogens is 528 g/mol. The van der Waals surface area contributed by atoms with Gasteiger partial charge in [0.25, 0.3) is 0 Å². The van der Waals surface area contributed by atoms with E-state index in [2.05, 4.69) is 34.3 Å². The summed E-state index contributed by atoms with van der Waals surface area (Å²) < 4.78 is 21.7. The van der Waals surface area contributed by atoms with Gasteiger partial charge < -0.3 is 18.9 Å². The molecule has 0 bridgehead atoms. The number of esters is 2. The SMILES string of the molecule is C=CC(=O)Oc1ccc(-c2ccc(C(=O)Oc3ccc(O[C@@H](C)CCCCCC)cc3)cc2)cc1.CCCOCCC. The standard InChI is InChI=1S/C30H32O5.C6H14O/c1-4-6-7-8-9-22(3)33-26-18-20-28(21-19-26)35-30(32)25-12-10-23(11-13-25)24-14-16-27(17-15-24)34-29(31)5-2;1-3-5-7-6-4-2/h5,10-22H,2,4,6-9H2,1,3H3;3-6H2,1-2H3/t22-;/m0./s1. The summed E-state index contributed by atoms with van der Waals surface area (Å²) in [5.74, 6) is 0.738. The smallest absolute Gasteiger partial charge is 0.343 e. The second kappa shape index (κ2) is 20.1. The minimum absolute atomic E-state index is 0.150. The lowest BCUT2D eigenvalue weighted by Gasteiger charge is -2.15. The van der Waals surface area contributed by atoms with E-state index in [0.717, 1.165) is 55.4 Å². The predicted molar refractivity (Wildman–Crippen MR) is 169 cm³/mol. The molecular formula is C36H46O6. The fourth-order valence-electron chi connectivity index (χ4n) is 3.96. The van der Waals surface area contributed by atoms with Gasteiger partial charge in [-0.1, -0.05) is 70.9 Å². The summed E-state index contributed by atoms with van der Waals surface area (Å²) in [6.07, 6.45) is 9.46. The summed E-state index contributed by atoms with van der Waals surface area (Å²) in [6, 6.07) is 21.4. The Kier molecular flexibility index (Phi) is 16.4. The highest BCUT2D eigenvalue weighted by atomic mass is 16.5. The van der Waals surface area contributed by atoms with Crippen LogP contribution in [0.3, 0.4) is 0 Å². The zero-order valence-electron chi connectivity index (χ0n) is 25.6. The zero-order chi connectivity index (χ0) is 30.6. The van der Waals surface area contributed by atoms with Gasteiger partial charge in [0.2, 0.25) is 0 Å². The van der Waals surface area contributed by atoms with Gasteiger partial charge in [-0.2, -0.15) is 0 Å². The van der Waals surface area contributed by atoms with E-state index in [1.165, 1.54) is 25.7 Å². The molecule has 0 spiro atoms. The van der Waals surface area contributed by atoms with Crippen LogP contribution in [0.5, 0.6) is 17.2 Å². The van der Waals surface area contributed by atoms with Crippen LogP contribution in [0.4, 0.5) is 0 Å². The molecule has 42 heavy (non-hydrogen) atoms. The average molecular weight is 575 g/mol. The van der Waals surface area contributed by atoms with Crippen molar-refractivity contribution in [1.82, 2.24) is 0 Å². The molecule has 0 heterocycles. The van der Waals surface area contributed by atoms with Gasteiger partial charge in [0.05, 0.1) is 11.7 Å². The summed E-state index contributed by atoms with van der Waals surface area (Å²) in [5, 5.41) is 0. The first-order valence-electron chi connectivity index (χ1n) is 15.0. The van der Waals surface area contributed by atoms with Crippen molar-refractivity contribution in [3.63, 3.8) is 0 Å². The van der Waals surface area contributed by atoms with Crippen molar-refractivity contribution in [1.29, 1.82) is 0 Å². The topological polar surface area (TPSA) is 71.1 Å². The molecule has 0 saturated carbocycles. The minimum atomic E-state index is -0.504. The normalized spacial score (nSPS) is 11.0. The predicted octanol–water partition coefficient (Wildman–Crippen LogP) is 9.22. The Morgan fingerprint density at radius 3 is 1.76 bits per heavy atom.